The summed E-state index contributed by atoms with van der Waals surface area (Å²) in [4.78, 5) is 16.8. The number of aromatic nitrogens is 1. The number of halogens is 1. The molecule has 1 heterocycles. The summed E-state index contributed by atoms with van der Waals surface area (Å²) in [5, 5.41) is 0. The van der Waals surface area contributed by atoms with E-state index in [9.17, 15) is 4.79 Å². The Labute approximate surface area is 85.9 Å². The van der Waals surface area contributed by atoms with Crippen molar-refractivity contribution < 1.29 is 4.79 Å². The molecular formula is C9H11BrN2O. The van der Waals surface area contributed by atoms with Crippen molar-refractivity contribution >= 4 is 27.5 Å². The van der Waals surface area contributed by atoms with Crippen LogP contribution in [-0.4, -0.2) is 22.8 Å². The number of amides is 1. The number of nitrogens with zero attached hydrogens (tertiary/aromatic N) is 2. The number of anilines is 1. The van der Waals surface area contributed by atoms with Gasteiger partial charge >= 0.3 is 0 Å². The van der Waals surface area contributed by atoms with Crippen molar-refractivity contribution in [1.82, 2.24) is 4.98 Å². The Morgan fingerprint density at radius 3 is 2.85 bits per heavy atom. The Morgan fingerprint density at radius 2 is 2.38 bits per heavy atom. The molecule has 0 saturated carbocycles. The highest BCUT2D eigenvalue weighted by Gasteiger charge is 2.15. The first kappa shape index (κ1) is 10.2. The molecule has 70 valence electrons. The maximum absolute atomic E-state index is 11.5. The Kier molecular flexibility index (Phi) is 3.42. The van der Waals surface area contributed by atoms with E-state index in [2.05, 4.69) is 20.9 Å². The van der Waals surface area contributed by atoms with Gasteiger partial charge < -0.3 is 4.90 Å². The number of pyridine rings is 1. The molecule has 4 heteroatoms. The Balaban J connectivity index is 2.80. The summed E-state index contributed by atoms with van der Waals surface area (Å²) in [6, 6.07) is 3.65. The zero-order chi connectivity index (χ0) is 9.84. The maximum atomic E-state index is 11.5. The van der Waals surface area contributed by atoms with Crippen LogP contribution in [0.2, 0.25) is 0 Å². The largest absolute Gasteiger partial charge is 0.313 e. The van der Waals surface area contributed by atoms with Gasteiger partial charge in [0.15, 0.2) is 0 Å². The van der Waals surface area contributed by atoms with Gasteiger partial charge in [-0.05, 0) is 19.1 Å². The van der Waals surface area contributed by atoms with Gasteiger partial charge in [-0.2, -0.15) is 0 Å². The average molecular weight is 243 g/mol. The molecular weight excluding hydrogens is 232 g/mol. The normalized spacial score (nSPS) is 12.2. The highest BCUT2D eigenvalue weighted by atomic mass is 79.9. The minimum absolute atomic E-state index is 0.0213. The highest BCUT2D eigenvalue weighted by molar-refractivity contribution is 9.10. The van der Waals surface area contributed by atoms with Gasteiger partial charge in [0.05, 0.1) is 16.7 Å². The Hall–Kier alpha value is -0.900. The van der Waals surface area contributed by atoms with Crippen LogP contribution in [0.1, 0.15) is 6.92 Å². The third-order valence-corrected chi connectivity index (χ3v) is 2.10. The molecule has 1 atom stereocenters. The standard InChI is InChI=1S/C9H11BrN2O/c1-7(10)9(13)12(2)8-4-3-5-11-6-8/h3-7H,1-2H3. The summed E-state index contributed by atoms with van der Waals surface area (Å²) in [6.07, 6.45) is 3.34. The average Bonchev–Trinajstić information content (AvgIpc) is 2.17. The first-order valence-electron chi connectivity index (χ1n) is 3.94. The lowest BCUT2D eigenvalue weighted by Gasteiger charge is -2.17. The maximum Gasteiger partial charge on any atom is 0.240 e. The van der Waals surface area contributed by atoms with Crippen molar-refractivity contribution in [2.75, 3.05) is 11.9 Å². The quantitative estimate of drug-likeness (QED) is 0.742. The van der Waals surface area contributed by atoms with Crippen LogP contribution in [0.15, 0.2) is 24.5 Å². The van der Waals surface area contributed by atoms with E-state index in [-0.39, 0.29) is 10.7 Å². The first-order chi connectivity index (χ1) is 6.13. The van der Waals surface area contributed by atoms with E-state index in [1.54, 1.807) is 37.3 Å². The van der Waals surface area contributed by atoms with Crippen LogP contribution >= 0.6 is 15.9 Å². The van der Waals surface area contributed by atoms with Gasteiger partial charge in [0.25, 0.3) is 0 Å². The van der Waals surface area contributed by atoms with Crippen molar-refractivity contribution in [3.05, 3.63) is 24.5 Å². The summed E-state index contributed by atoms with van der Waals surface area (Å²) in [6.45, 7) is 1.80. The van der Waals surface area contributed by atoms with Crippen LogP contribution < -0.4 is 4.90 Å². The fraction of sp³-hybridized carbons (Fsp3) is 0.333. The first-order valence-corrected chi connectivity index (χ1v) is 4.86. The van der Waals surface area contributed by atoms with E-state index in [4.69, 9.17) is 0 Å². The number of hydrogen-bond acceptors (Lipinski definition) is 2. The minimum atomic E-state index is -0.169. The summed E-state index contributed by atoms with van der Waals surface area (Å²) < 4.78 is 0. The molecule has 0 N–H and O–H groups in total. The molecule has 0 spiro atoms. The number of alkyl halides is 1. The van der Waals surface area contributed by atoms with E-state index >= 15 is 0 Å². The zero-order valence-electron chi connectivity index (χ0n) is 7.57. The number of rotatable bonds is 2. The third-order valence-electron chi connectivity index (χ3n) is 1.70. The lowest BCUT2D eigenvalue weighted by atomic mass is 10.3. The van der Waals surface area contributed by atoms with E-state index in [1.807, 2.05) is 6.07 Å². The molecule has 0 aliphatic carbocycles. The second-order valence-corrected chi connectivity index (χ2v) is 4.10. The number of hydrogen-bond donors (Lipinski definition) is 0. The summed E-state index contributed by atoms with van der Waals surface area (Å²) >= 11 is 3.23. The van der Waals surface area contributed by atoms with Crippen LogP contribution in [0.25, 0.3) is 0 Å². The molecule has 3 nitrogen and oxygen atoms in total. The molecule has 0 saturated heterocycles. The van der Waals surface area contributed by atoms with Crippen molar-refractivity contribution in [3.8, 4) is 0 Å². The molecule has 0 fully saturated rings. The van der Waals surface area contributed by atoms with Gasteiger partial charge in [-0.1, -0.05) is 15.9 Å². The van der Waals surface area contributed by atoms with Crippen LogP contribution in [0.4, 0.5) is 5.69 Å². The predicted octanol–water partition coefficient (Wildman–Crippen LogP) is 1.83. The van der Waals surface area contributed by atoms with Gasteiger partial charge in [0.2, 0.25) is 5.91 Å². The number of carbonyl (C=O) groups excluding carboxylic acids is 1. The second-order valence-electron chi connectivity index (χ2n) is 2.72. The molecule has 0 bridgehead atoms. The van der Waals surface area contributed by atoms with E-state index in [0.29, 0.717) is 0 Å². The van der Waals surface area contributed by atoms with Crippen molar-refractivity contribution in [1.29, 1.82) is 0 Å². The fourth-order valence-electron chi connectivity index (χ4n) is 0.946. The smallest absolute Gasteiger partial charge is 0.240 e. The van der Waals surface area contributed by atoms with Crippen LogP contribution in [0, 0.1) is 0 Å². The SMILES string of the molecule is CC(Br)C(=O)N(C)c1cccnc1. The molecule has 1 aromatic rings. The molecule has 1 aromatic heterocycles. The van der Waals surface area contributed by atoms with Gasteiger partial charge in [0, 0.05) is 13.2 Å². The van der Waals surface area contributed by atoms with Crippen molar-refractivity contribution in [2.24, 2.45) is 0 Å². The second kappa shape index (κ2) is 4.37. The molecule has 1 rings (SSSR count). The van der Waals surface area contributed by atoms with Crippen LogP contribution in [0.5, 0.6) is 0 Å². The molecule has 0 aliphatic rings. The lowest BCUT2D eigenvalue weighted by Crippen LogP contribution is -2.31. The molecule has 0 radical (unpaired) electrons. The number of carbonyl (C=O) groups is 1. The minimum Gasteiger partial charge on any atom is -0.313 e. The Morgan fingerprint density at radius 1 is 1.69 bits per heavy atom. The van der Waals surface area contributed by atoms with Crippen molar-refractivity contribution in [3.63, 3.8) is 0 Å². The van der Waals surface area contributed by atoms with E-state index in [0.717, 1.165) is 5.69 Å². The lowest BCUT2D eigenvalue weighted by molar-refractivity contribution is -0.117. The van der Waals surface area contributed by atoms with Crippen LogP contribution in [-0.2, 0) is 4.79 Å². The topological polar surface area (TPSA) is 33.2 Å². The van der Waals surface area contributed by atoms with Crippen LogP contribution in [0.3, 0.4) is 0 Å². The molecule has 1 unspecified atom stereocenters. The van der Waals surface area contributed by atoms with Gasteiger partial charge in [0.1, 0.15) is 0 Å². The van der Waals surface area contributed by atoms with Gasteiger partial charge in [-0.15, -0.1) is 0 Å². The van der Waals surface area contributed by atoms with E-state index in [1.165, 1.54) is 0 Å². The summed E-state index contributed by atoms with van der Waals surface area (Å²) in [5.41, 5.74) is 0.804. The van der Waals surface area contributed by atoms with Gasteiger partial charge in [-0.25, -0.2) is 0 Å². The molecule has 13 heavy (non-hydrogen) atoms. The van der Waals surface area contributed by atoms with Gasteiger partial charge in [-0.3, -0.25) is 9.78 Å². The summed E-state index contributed by atoms with van der Waals surface area (Å²) in [7, 11) is 1.73. The highest BCUT2D eigenvalue weighted by Crippen LogP contribution is 2.12. The predicted molar refractivity (Wildman–Crippen MR) is 56.0 cm³/mol. The zero-order valence-corrected chi connectivity index (χ0v) is 9.15. The van der Waals surface area contributed by atoms with Crippen molar-refractivity contribution in [2.45, 2.75) is 11.8 Å². The summed E-state index contributed by atoms with van der Waals surface area (Å²) in [5.74, 6) is 0.0213. The molecule has 0 aromatic carbocycles. The molecule has 1 amide bonds. The third kappa shape index (κ3) is 2.52. The fourth-order valence-corrected chi connectivity index (χ4v) is 1.25. The van der Waals surface area contributed by atoms with E-state index < -0.39 is 0 Å². The monoisotopic (exact) mass is 242 g/mol. The molecule has 0 aliphatic heterocycles. The Bertz CT molecular complexity index is 287.